The molecule has 1 heterocycles. The summed E-state index contributed by atoms with van der Waals surface area (Å²) in [6, 6.07) is 7.69. The van der Waals surface area contributed by atoms with Crippen LogP contribution >= 0.6 is 0 Å². The van der Waals surface area contributed by atoms with Crippen molar-refractivity contribution in [2.45, 2.75) is 33.1 Å². The maximum Gasteiger partial charge on any atom is 0.167 e. The van der Waals surface area contributed by atoms with Gasteiger partial charge in [0, 0.05) is 11.8 Å². The number of fused-ring (bicyclic) bond motifs is 1. The van der Waals surface area contributed by atoms with Crippen molar-refractivity contribution in [3.05, 3.63) is 36.1 Å². The molecular weight excluding hydrogens is 212 g/mol. The second-order valence-corrected chi connectivity index (χ2v) is 4.46. The third kappa shape index (κ3) is 2.41. The van der Waals surface area contributed by atoms with Gasteiger partial charge in [0.1, 0.15) is 11.8 Å². The van der Waals surface area contributed by atoms with Gasteiger partial charge in [0.25, 0.3) is 0 Å². The second kappa shape index (κ2) is 5.17. The molecule has 0 atom stereocenters. The molecule has 0 unspecified atom stereocenters. The second-order valence-electron chi connectivity index (χ2n) is 4.46. The van der Waals surface area contributed by atoms with E-state index in [-0.39, 0.29) is 5.78 Å². The standard InChI is InChI=1S/C15H18O2/c1-3-11(4-2)9-14(16)13-10-17-15-8-6-5-7-12(13)15/h5-8,10-11H,3-4,9H2,1-2H3. The molecule has 2 heteroatoms. The molecule has 1 aromatic heterocycles. The fourth-order valence-corrected chi connectivity index (χ4v) is 2.14. The van der Waals surface area contributed by atoms with Crippen LogP contribution < -0.4 is 0 Å². The van der Waals surface area contributed by atoms with Crippen LogP contribution in [0.15, 0.2) is 34.9 Å². The number of Topliss-reactive ketones (excluding diaryl/α,β-unsaturated/α-hetero) is 1. The number of rotatable bonds is 5. The smallest absolute Gasteiger partial charge is 0.167 e. The largest absolute Gasteiger partial charge is 0.464 e. The molecule has 0 aliphatic heterocycles. The molecule has 0 aliphatic carbocycles. The van der Waals surface area contributed by atoms with Gasteiger partial charge in [-0.3, -0.25) is 4.79 Å². The van der Waals surface area contributed by atoms with Gasteiger partial charge in [-0.15, -0.1) is 0 Å². The average Bonchev–Trinajstić information content (AvgIpc) is 2.79. The highest BCUT2D eigenvalue weighted by molar-refractivity contribution is 6.07. The summed E-state index contributed by atoms with van der Waals surface area (Å²) >= 11 is 0. The molecule has 0 saturated carbocycles. The fraction of sp³-hybridized carbons (Fsp3) is 0.400. The Bertz CT molecular complexity index is 506. The molecule has 0 radical (unpaired) electrons. The van der Waals surface area contributed by atoms with Gasteiger partial charge in [0.05, 0.1) is 5.56 Å². The third-order valence-electron chi connectivity index (χ3n) is 3.41. The molecule has 0 saturated heterocycles. The molecule has 0 bridgehead atoms. The van der Waals surface area contributed by atoms with Gasteiger partial charge in [-0.25, -0.2) is 0 Å². The summed E-state index contributed by atoms with van der Waals surface area (Å²) in [4.78, 5) is 12.2. The molecule has 0 N–H and O–H groups in total. The van der Waals surface area contributed by atoms with Crippen molar-refractivity contribution in [1.29, 1.82) is 0 Å². The van der Waals surface area contributed by atoms with Crippen molar-refractivity contribution in [3.63, 3.8) is 0 Å². The Morgan fingerprint density at radius 2 is 1.94 bits per heavy atom. The number of ketones is 1. The van der Waals surface area contributed by atoms with E-state index in [2.05, 4.69) is 13.8 Å². The Labute approximate surface area is 102 Å². The summed E-state index contributed by atoms with van der Waals surface area (Å²) in [7, 11) is 0. The molecule has 2 rings (SSSR count). The molecule has 0 aliphatic rings. The van der Waals surface area contributed by atoms with E-state index in [1.54, 1.807) is 6.26 Å². The normalized spacial score (nSPS) is 11.2. The summed E-state index contributed by atoms with van der Waals surface area (Å²) in [5, 5.41) is 0.934. The van der Waals surface area contributed by atoms with Gasteiger partial charge in [0.2, 0.25) is 0 Å². The molecule has 0 amide bonds. The summed E-state index contributed by atoms with van der Waals surface area (Å²) in [5.41, 5.74) is 1.52. The summed E-state index contributed by atoms with van der Waals surface area (Å²) in [5.74, 6) is 0.680. The highest BCUT2D eigenvalue weighted by Gasteiger charge is 2.16. The van der Waals surface area contributed by atoms with E-state index in [0.717, 1.165) is 29.4 Å². The van der Waals surface area contributed by atoms with Crippen molar-refractivity contribution < 1.29 is 9.21 Å². The van der Waals surface area contributed by atoms with E-state index in [9.17, 15) is 4.79 Å². The first-order chi connectivity index (χ1) is 8.26. The van der Waals surface area contributed by atoms with Gasteiger partial charge in [-0.1, -0.05) is 44.9 Å². The van der Waals surface area contributed by atoms with Crippen molar-refractivity contribution in [1.82, 2.24) is 0 Å². The summed E-state index contributed by atoms with van der Waals surface area (Å²) < 4.78 is 5.40. The van der Waals surface area contributed by atoms with Gasteiger partial charge in [0.15, 0.2) is 5.78 Å². The van der Waals surface area contributed by atoms with Crippen LogP contribution in [0, 0.1) is 5.92 Å². The Morgan fingerprint density at radius 3 is 2.65 bits per heavy atom. The molecule has 0 spiro atoms. The van der Waals surface area contributed by atoms with E-state index in [1.165, 1.54) is 0 Å². The Kier molecular flexibility index (Phi) is 3.62. The van der Waals surface area contributed by atoms with E-state index in [1.807, 2.05) is 24.3 Å². The van der Waals surface area contributed by atoms with Crippen molar-refractivity contribution in [3.8, 4) is 0 Å². The van der Waals surface area contributed by atoms with Crippen LogP contribution in [0.4, 0.5) is 0 Å². The predicted molar refractivity (Wildman–Crippen MR) is 69.2 cm³/mol. The number of para-hydroxylation sites is 1. The van der Waals surface area contributed by atoms with Crippen molar-refractivity contribution in [2.75, 3.05) is 0 Å². The first-order valence-electron chi connectivity index (χ1n) is 6.25. The van der Waals surface area contributed by atoms with Crippen LogP contribution in [0.2, 0.25) is 0 Å². The number of benzene rings is 1. The number of hydrogen-bond donors (Lipinski definition) is 0. The highest BCUT2D eigenvalue weighted by atomic mass is 16.3. The quantitative estimate of drug-likeness (QED) is 0.711. The monoisotopic (exact) mass is 230 g/mol. The average molecular weight is 230 g/mol. The Balaban J connectivity index is 2.25. The van der Waals surface area contributed by atoms with Crippen molar-refractivity contribution in [2.24, 2.45) is 5.92 Å². The van der Waals surface area contributed by atoms with E-state index in [4.69, 9.17) is 4.42 Å². The Morgan fingerprint density at radius 1 is 1.24 bits per heavy atom. The lowest BCUT2D eigenvalue weighted by atomic mass is 9.94. The maximum atomic E-state index is 12.2. The van der Waals surface area contributed by atoms with Crippen molar-refractivity contribution >= 4 is 16.8 Å². The minimum atomic E-state index is 0.198. The first-order valence-corrected chi connectivity index (χ1v) is 6.25. The topological polar surface area (TPSA) is 30.2 Å². The van der Waals surface area contributed by atoms with Gasteiger partial charge >= 0.3 is 0 Å². The minimum Gasteiger partial charge on any atom is -0.464 e. The number of carbonyl (C=O) groups excluding carboxylic acids is 1. The van der Waals surface area contributed by atoms with Crippen LogP contribution in [0.1, 0.15) is 43.5 Å². The predicted octanol–water partition coefficient (Wildman–Crippen LogP) is 4.44. The maximum absolute atomic E-state index is 12.2. The zero-order chi connectivity index (χ0) is 12.3. The number of hydrogen-bond acceptors (Lipinski definition) is 2. The lowest BCUT2D eigenvalue weighted by molar-refractivity contribution is 0.0959. The van der Waals surface area contributed by atoms with Gasteiger partial charge < -0.3 is 4.42 Å². The van der Waals surface area contributed by atoms with E-state index >= 15 is 0 Å². The highest BCUT2D eigenvalue weighted by Crippen LogP contribution is 2.24. The number of furan rings is 1. The Hall–Kier alpha value is -1.57. The fourth-order valence-electron chi connectivity index (χ4n) is 2.14. The third-order valence-corrected chi connectivity index (χ3v) is 3.41. The molecule has 0 fully saturated rings. The number of carbonyl (C=O) groups is 1. The van der Waals surface area contributed by atoms with Crippen LogP contribution in [-0.2, 0) is 0 Å². The van der Waals surface area contributed by atoms with E-state index in [0.29, 0.717) is 12.3 Å². The minimum absolute atomic E-state index is 0.198. The lowest BCUT2D eigenvalue weighted by Crippen LogP contribution is -2.06. The van der Waals surface area contributed by atoms with E-state index < -0.39 is 0 Å². The molecule has 1 aromatic carbocycles. The molecule has 2 aromatic rings. The summed E-state index contributed by atoms with van der Waals surface area (Å²) in [6.45, 7) is 4.27. The summed E-state index contributed by atoms with van der Waals surface area (Å²) in [6.07, 6.45) is 4.32. The zero-order valence-corrected chi connectivity index (χ0v) is 10.4. The van der Waals surface area contributed by atoms with Gasteiger partial charge in [-0.05, 0) is 12.0 Å². The van der Waals surface area contributed by atoms with Crippen LogP contribution in [0.5, 0.6) is 0 Å². The lowest BCUT2D eigenvalue weighted by Gasteiger charge is -2.09. The zero-order valence-electron chi connectivity index (χ0n) is 10.4. The van der Waals surface area contributed by atoms with Gasteiger partial charge in [-0.2, -0.15) is 0 Å². The molecule has 2 nitrogen and oxygen atoms in total. The van der Waals surface area contributed by atoms with Crippen LogP contribution in [0.3, 0.4) is 0 Å². The SMILES string of the molecule is CCC(CC)CC(=O)c1coc2ccccc12. The van der Waals surface area contributed by atoms with Crippen LogP contribution in [-0.4, -0.2) is 5.78 Å². The molecular formula is C15H18O2. The molecule has 17 heavy (non-hydrogen) atoms. The molecule has 90 valence electrons. The van der Waals surface area contributed by atoms with Crippen LogP contribution in [0.25, 0.3) is 11.0 Å². The first kappa shape index (κ1) is 11.9.